The molecular formula is C17H21N5O. The van der Waals surface area contributed by atoms with Gasteiger partial charge >= 0.3 is 6.03 Å². The minimum Gasteiger partial charge on any atom is -0.331 e. The van der Waals surface area contributed by atoms with E-state index in [1.165, 1.54) is 11.1 Å². The second-order valence-corrected chi connectivity index (χ2v) is 6.33. The molecule has 6 heteroatoms. The van der Waals surface area contributed by atoms with Gasteiger partial charge in [-0.3, -0.25) is 0 Å². The van der Waals surface area contributed by atoms with Crippen molar-refractivity contribution in [1.29, 1.82) is 0 Å². The number of carbonyl (C=O) groups is 1. The molecule has 1 aromatic carbocycles. The first-order chi connectivity index (χ1) is 11.3. The minimum atomic E-state index is 0.0590. The van der Waals surface area contributed by atoms with E-state index in [1.807, 2.05) is 15.6 Å². The van der Waals surface area contributed by atoms with Crippen molar-refractivity contribution in [3.8, 4) is 0 Å². The molecule has 1 N–H and O–H groups in total. The van der Waals surface area contributed by atoms with Gasteiger partial charge in [0.05, 0.1) is 12.1 Å². The third kappa shape index (κ3) is 2.81. The zero-order chi connectivity index (χ0) is 15.6. The van der Waals surface area contributed by atoms with Gasteiger partial charge in [-0.2, -0.15) is 5.10 Å². The molecule has 1 saturated heterocycles. The summed E-state index contributed by atoms with van der Waals surface area (Å²) in [5.74, 6) is 0. The predicted molar refractivity (Wildman–Crippen MR) is 85.9 cm³/mol. The van der Waals surface area contributed by atoms with Gasteiger partial charge in [0, 0.05) is 13.1 Å². The standard InChI is InChI=1S/C17H21N5O/c23-17(20-16-6-5-13-3-1-2-4-15(13)16)21-9-7-14(8-10-21)22-12-18-11-19-22/h1-4,11-12,14,16H,5-10H2,(H,20,23)/t16-/m1/s1. The van der Waals surface area contributed by atoms with Crippen molar-refractivity contribution >= 4 is 6.03 Å². The average molecular weight is 311 g/mol. The Labute approximate surface area is 135 Å². The molecule has 6 nitrogen and oxygen atoms in total. The molecule has 2 aliphatic rings. The van der Waals surface area contributed by atoms with Crippen LogP contribution in [0.1, 0.15) is 42.5 Å². The van der Waals surface area contributed by atoms with E-state index in [9.17, 15) is 4.79 Å². The van der Waals surface area contributed by atoms with Gasteiger partial charge in [-0.1, -0.05) is 24.3 Å². The quantitative estimate of drug-likeness (QED) is 0.925. The summed E-state index contributed by atoms with van der Waals surface area (Å²) in [5, 5.41) is 7.41. The summed E-state index contributed by atoms with van der Waals surface area (Å²) in [6, 6.07) is 8.98. The first-order valence-corrected chi connectivity index (χ1v) is 8.28. The molecule has 2 amide bonds. The smallest absolute Gasteiger partial charge is 0.317 e. The highest BCUT2D eigenvalue weighted by Gasteiger charge is 2.28. The molecule has 23 heavy (non-hydrogen) atoms. The molecule has 1 aromatic heterocycles. The van der Waals surface area contributed by atoms with Gasteiger partial charge in [-0.15, -0.1) is 0 Å². The molecule has 1 aliphatic heterocycles. The van der Waals surface area contributed by atoms with Gasteiger partial charge in [-0.25, -0.2) is 14.5 Å². The van der Waals surface area contributed by atoms with Gasteiger partial charge in [-0.05, 0) is 36.8 Å². The zero-order valence-electron chi connectivity index (χ0n) is 13.1. The van der Waals surface area contributed by atoms with Crippen LogP contribution in [0.5, 0.6) is 0 Å². The molecule has 120 valence electrons. The lowest BCUT2D eigenvalue weighted by Gasteiger charge is -2.32. The Hall–Kier alpha value is -2.37. The molecule has 2 aromatic rings. The minimum absolute atomic E-state index is 0.0590. The molecule has 0 unspecified atom stereocenters. The summed E-state index contributed by atoms with van der Waals surface area (Å²) in [6.07, 6.45) is 7.23. The fourth-order valence-electron chi connectivity index (χ4n) is 3.69. The average Bonchev–Trinajstić information content (AvgIpc) is 3.25. The first-order valence-electron chi connectivity index (χ1n) is 8.28. The molecule has 2 heterocycles. The van der Waals surface area contributed by atoms with E-state index < -0.39 is 0 Å². The first kappa shape index (κ1) is 14.2. The number of rotatable bonds is 2. The lowest BCUT2D eigenvalue weighted by atomic mass is 10.1. The van der Waals surface area contributed by atoms with Crippen molar-refractivity contribution in [3.05, 3.63) is 48.0 Å². The molecule has 1 aliphatic carbocycles. The molecule has 0 spiro atoms. The Morgan fingerprint density at radius 1 is 1.17 bits per heavy atom. The Morgan fingerprint density at radius 3 is 2.78 bits per heavy atom. The Morgan fingerprint density at radius 2 is 2.00 bits per heavy atom. The predicted octanol–water partition coefficient (Wildman–Crippen LogP) is 2.31. The van der Waals surface area contributed by atoms with Crippen LogP contribution in [0.3, 0.4) is 0 Å². The van der Waals surface area contributed by atoms with E-state index in [2.05, 4.69) is 33.6 Å². The van der Waals surface area contributed by atoms with E-state index in [4.69, 9.17) is 0 Å². The maximum atomic E-state index is 12.5. The second-order valence-electron chi connectivity index (χ2n) is 6.33. The Balaban J connectivity index is 1.34. The number of hydrogen-bond donors (Lipinski definition) is 1. The third-order valence-corrected chi connectivity index (χ3v) is 4.99. The van der Waals surface area contributed by atoms with Gasteiger partial charge in [0.25, 0.3) is 0 Å². The van der Waals surface area contributed by atoms with E-state index in [-0.39, 0.29) is 12.1 Å². The van der Waals surface area contributed by atoms with Crippen LogP contribution in [0, 0.1) is 0 Å². The van der Waals surface area contributed by atoms with Crippen molar-refractivity contribution in [2.75, 3.05) is 13.1 Å². The summed E-state index contributed by atoms with van der Waals surface area (Å²) >= 11 is 0. The third-order valence-electron chi connectivity index (χ3n) is 4.99. The van der Waals surface area contributed by atoms with Crippen LogP contribution >= 0.6 is 0 Å². The van der Waals surface area contributed by atoms with E-state index in [0.717, 1.165) is 38.8 Å². The van der Waals surface area contributed by atoms with Crippen molar-refractivity contribution in [3.63, 3.8) is 0 Å². The van der Waals surface area contributed by atoms with Gasteiger partial charge < -0.3 is 10.2 Å². The molecule has 4 rings (SSSR count). The molecular weight excluding hydrogens is 290 g/mol. The van der Waals surface area contributed by atoms with Gasteiger partial charge in [0.2, 0.25) is 0 Å². The SMILES string of the molecule is O=C(N[C@@H]1CCc2ccccc21)N1CCC(n2cncn2)CC1. The molecule has 0 bridgehead atoms. The summed E-state index contributed by atoms with van der Waals surface area (Å²) in [7, 11) is 0. The van der Waals surface area contributed by atoms with Crippen LogP contribution < -0.4 is 5.32 Å². The van der Waals surface area contributed by atoms with E-state index in [1.54, 1.807) is 12.7 Å². The summed E-state index contributed by atoms with van der Waals surface area (Å²) in [5.41, 5.74) is 2.64. The number of nitrogens with zero attached hydrogens (tertiary/aromatic N) is 4. The molecule has 0 saturated carbocycles. The van der Waals surface area contributed by atoms with Crippen molar-refractivity contribution in [2.45, 2.75) is 37.8 Å². The summed E-state index contributed by atoms with van der Waals surface area (Å²) in [4.78, 5) is 18.5. The maximum absolute atomic E-state index is 12.5. The lowest BCUT2D eigenvalue weighted by Crippen LogP contribution is -2.45. The number of aromatic nitrogens is 3. The molecule has 0 radical (unpaired) electrons. The fraction of sp³-hybridized carbons (Fsp3) is 0.471. The van der Waals surface area contributed by atoms with Crippen molar-refractivity contribution < 1.29 is 4.79 Å². The van der Waals surface area contributed by atoms with Crippen LogP contribution in [-0.2, 0) is 6.42 Å². The summed E-state index contributed by atoms with van der Waals surface area (Å²) in [6.45, 7) is 1.54. The highest BCUT2D eigenvalue weighted by atomic mass is 16.2. The Kier molecular flexibility index (Phi) is 3.73. The van der Waals surface area contributed by atoms with Crippen molar-refractivity contribution in [2.24, 2.45) is 0 Å². The topological polar surface area (TPSA) is 63.1 Å². The number of aryl methyl sites for hydroxylation is 1. The number of hydrogen-bond acceptors (Lipinski definition) is 3. The lowest BCUT2D eigenvalue weighted by molar-refractivity contribution is 0.165. The number of amides is 2. The fourth-order valence-corrected chi connectivity index (χ4v) is 3.69. The zero-order valence-corrected chi connectivity index (χ0v) is 13.1. The number of nitrogens with one attached hydrogen (secondary N) is 1. The molecule has 1 fully saturated rings. The number of carbonyl (C=O) groups excluding carboxylic acids is 1. The van der Waals surface area contributed by atoms with Crippen LogP contribution in [0.2, 0.25) is 0 Å². The van der Waals surface area contributed by atoms with Crippen LogP contribution in [0.4, 0.5) is 4.79 Å². The van der Waals surface area contributed by atoms with Crippen LogP contribution in [0.25, 0.3) is 0 Å². The van der Waals surface area contributed by atoms with Gasteiger partial charge in [0.1, 0.15) is 12.7 Å². The Bertz CT molecular complexity index is 676. The van der Waals surface area contributed by atoms with Crippen molar-refractivity contribution in [1.82, 2.24) is 25.0 Å². The van der Waals surface area contributed by atoms with E-state index in [0.29, 0.717) is 6.04 Å². The van der Waals surface area contributed by atoms with E-state index >= 15 is 0 Å². The van der Waals surface area contributed by atoms with Crippen LogP contribution in [-0.4, -0.2) is 38.8 Å². The highest BCUT2D eigenvalue weighted by molar-refractivity contribution is 5.75. The maximum Gasteiger partial charge on any atom is 0.317 e. The highest BCUT2D eigenvalue weighted by Crippen LogP contribution is 2.31. The number of likely N-dealkylation sites (tertiary alicyclic amines) is 1. The van der Waals surface area contributed by atoms with Gasteiger partial charge in [0.15, 0.2) is 0 Å². The van der Waals surface area contributed by atoms with Crippen LogP contribution in [0.15, 0.2) is 36.9 Å². The normalized spacial score (nSPS) is 21.2. The number of fused-ring (bicyclic) bond motifs is 1. The summed E-state index contributed by atoms with van der Waals surface area (Å²) < 4.78 is 1.91. The largest absolute Gasteiger partial charge is 0.331 e. The molecule has 1 atom stereocenters. The number of urea groups is 1. The monoisotopic (exact) mass is 311 g/mol. The second kappa shape index (κ2) is 6.02. The number of benzene rings is 1. The number of piperidine rings is 1.